The third-order valence-corrected chi connectivity index (χ3v) is 3.70. The van der Waals surface area contributed by atoms with Crippen molar-refractivity contribution in [2.24, 2.45) is 0 Å². The van der Waals surface area contributed by atoms with Gasteiger partial charge in [-0.05, 0) is 18.6 Å². The van der Waals surface area contributed by atoms with Crippen molar-refractivity contribution < 1.29 is 8.42 Å². The Labute approximate surface area is 82.9 Å². The quantitative estimate of drug-likeness (QED) is 0.813. The van der Waals surface area contributed by atoms with E-state index < -0.39 is 15.4 Å². The topological polar surface area (TPSA) is 67.0 Å². The number of rotatable bonds is 4. The maximum absolute atomic E-state index is 11.6. The summed E-state index contributed by atoms with van der Waals surface area (Å²) in [5, 5.41) is 0. The van der Waals surface area contributed by atoms with Gasteiger partial charge in [-0.2, -0.15) is 0 Å². The van der Waals surface area contributed by atoms with E-state index >= 15 is 0 Å². The molecule has 0 amide bonds. The Kier molecular flexibility index (Phi) is 3.46. The summed E-state index contributed by atoms with van der Waals surface area (Å²) in [5.74, 6) is 0.0383. The number of H-pyrrole nitrogens is 1. The summed E-state index contributed by atoms with van der Waals surface area (Å²) < 4.78 is 23.2. The minimum absolute atomic E-state index is 0.0383. The second-order valence-electron chi connectivity index (χ2n) is 3.04. The van der Waals surface area contributed by atoms with Crippen molar-refractivity contribution in [3.63, 3.8) is 0 Å². The highest BCUT2D eigenvalue weighted by molar-refractivity contribution is 7.91. The zero-order chi connectivity index (χ0) is 10.6. The van der Waals surface area contributed by atoms with Crippen LogP contribution in [-0.2, 0) is 9.84 Å². The molecule has 4 nitrogen and oxygen atoms in total. The maximum Gasteiger partial charge on any atom is 0.266 e. The number of unbranched alkanes of at least 4 members (excludes halogenated alkanes) is 1. The summed E-state index contributed by atoms with van der Waals surface area (Å²) in [6.07, 6.45) is 2.79. The highest BCUT2D eigenvalue weighted by atomic mass is 32.2. The van der Waals surface area contributed by atoms with E-state index in [0.717, 1.165) is 6.42 Å². The van der Waals surface area contributed by atoms with E-state index in [1.165, 1.54) is 18.3 Å². The van der Waals surface area contributed by atoms with Gasteiger partial charge in [-0.3, -0.25) is 4.79 Å². The van der Waals surface area contributed by atoms with E-state index in [-0.39, 0.29) is 10.6 Å². The van der Waals surface area contributed by atoms with E-state index in [4.69, 9.17) is 0 Å². The molecular weight excluding hydrogens is 202 g/mol. The number of aromatic nitrogens is 1. The number of pyridine rings is 1. The smallest absolute Gasteiger partial charge is 0.266 e. The molecule has 0 aromatic carbocycles. The molecule has 0 spiro atoms. The highest BCUT2D eigenvalue weighted by Crippen LogP contribution is 2.06. The Balaban J connectivity index is 3.05. The lowest BCUT2D eigenvalue weighted by Gasteiger charge is -2.01. The molecule has 0 atom stereocenters. The van der Waals surface area contributed by atoms with Crippen molar-refractivity contribution in [1.29, 1.82) is 0 Å². The van der Waals surface area contributed by atoms with Crippen LogP contribution < -0.4 is 5.56 Å². The first-order chi connectivity index (χ1) is 6.58. The summed E-state index contributed by atoms with van der Waals surface area (Å²) in [6, 6.07) is 2.85. The first kappa shape index (κ1) is 11.0. The van der Waals surface area contributed by atoms with Crippen molar-refractivity contribution in [2.45, 2.75) is 24.7 Å². The van der Waals surface area contributed by atoms with Crippen LogP contribution in [0.2, 0.25) is 0 Å². The van der Waals surface area contributed by atoms with Crippen molar-refractivity contribution in [1.82, 2.24) is 4.98 Å². The normalized spacial score (nSPS) is 11.5. The molecule has 0 bridgehead atoms. The molecule has 0 aliphatic rings. The van der Waals surface area contributed by atoms with Gasteiger partial charge in [0, 0.05) is 6.20 Å². The SMILES string of the molecule is CCCCS(=O)(=O)c1ccc[nH]c1=O. The average molecular weight is 215 g/mol. The standard InChI is InChI=1S/C9H13NO3S/c1-2-3-7-14(12,13)8-5-4-6-10-9(8)11/h4-6H,2-3,7H2,1H3,(H,10,11). The van der Waals surface area contributed by atoms with Crippen molar-refractivity contribution >= 4 is 9.84 Å². The molecule has 0 unspecified atom stereocenters. The minimum Gasteiger partial charge on any atom is -0.328 e. The Morgan fingerprint density at radius 3 is 2.71 bits per heavy atom. The molecule has 0 aliphatic heterocycles. The number of hydrogen-bond acceptors (Lipinski definition) is 3. The lowest BCUT2D eigenvalue weighted by atomic mass is 10.4. The number of aromatic amines is 1. The average Bonchev–Trinajstić information content (AvgIpc) is 2.15. The molecule has 0 saturated carbocycles. The predicted molar refractivity (Wildman–Crippen MR) is 54.0 cm³/mol. The number of sulfone groups is 1. The molecule has 0 radical (unpaired) electrons. The van der Waals surface area contributed by atoms with Crippen molar-refractivity contribution in [3.8, 4) is 0 Å². The monoisotopic (exact) mass is 215 g/mol. The molecule has 1 aromatic heterocycles. The number of hydrogen-bond donors (Lipinski definition) is 1. The van der Waals surface area contributed by atoms with Crippen molar-refractivity contribution in [2.75, 3.05) is 5.75 Å². The predicted octanol–water partition coefficient (Wildman–Crippen LogP) is 0.949. The third-order valence-electron chi connectivity index (χ3n) is 1.88. The van der Waals surface area contributed by atoms with Crippen LogP contribution in [-0.4, -0.2) is 19.2 Å². The number of nitrogens with one attached hydrogen (secondary N) is 1. The van der Waals surface area contributed by atoms with Gasteiger partial charge in [-0.25, -0.2) is 8.42 Å². The second-order valence-corrected chi connectivity index (χ2v) is 5.11. The van der Waals surface area contributed by atoms with E-state index in [1.54, 1.807) is 0 Å². The minimum atomic E-state index is -3.40. The molecule has 1 rings (SSSR count). The highest BCUT2D eigenvalue weighted by Gasteiger charge is 2.16. The molecule has 0 fully saturated rings. The van der Waals surface area contributed by atoms with Crippen LogP contribution in [0.3, 0.4) is 0 Å². The molecule has 5 heteroatoms. The van der Waals surface area contributed by atoms with Crippen LogP contribution in [0.4, 0.5) is 0 Å². The van der Waals surface area contributed by atoms with E-state index in [9.17, 15) is 13.2 Å². The molecule has 0 aliphatic carbocycles. The van der Waals surface area contributed by atoms with Gasteiger partial charge in [0.1, 0.15) is 4.90 Å². The third kappa shape index (κ3) is 2.45. The Morgan fingerprint density at radius 1 is 1.43 bits per heavy atom. The van der Waals surface area contributed by atoms with Crippen molar-refractivity contribution in [3.05, 3.63) is 28.7 Å². The summed E-state index contributed by atoms with van der Waals surface area (Å²) >= 11 is 0. The van der Waals surface area contributed by atoms with Gasteiger partial charge < -0.3 is 4.98 Å². The Hall–Kier alpha value is -1.10. The Morgan fingerprint density at radius 2 is 2.14 bits per heavy atom. The van der Waals surface area contributed by atoms with Gasteiger partial charge in [0.15, 0.2) is 9.84 Å². The van der Waals surface area contributed by atoms with Gasteiger partial charge >= 0.3 is 0 Å². The summed E-state index contributed by atoms with van der Waals surface area (Å²) in [5.41, 5.74) is -0.538. The van der Waals surface area contributed by atoms with Crippen LogP contribution >= 0.6 is 0 Å². The van der Waals surface area contributed by atoms with Gasteiger partial charge in [-0.15, -0.1) is 0 Å². The maximum atomic E-state index is 11.6. The lowest BCUT2D eigenvalue weighted by molar-refractivity contribution is 0.591. The zero-order valence-corrected chi connectivity index (χ0v) is 8.80. The van der Waals surface area contributed by atoms with E-state index in [1.807, 2.05) is 6.92 Å². The lowest BCUT2D eigenvalue weighted by Crippen LogP contribution is -2.18. The summed E-state index contributed by atoms with van der Waals surface area (Å²) in [6.45, 7) is 1.91. The molecule has 78 valence electrons. The van der Waals surface area contributed by atoms with Crippen LogP contribution in [0, 0.1) is 0 Å². The fraction of sp³-hybridized carbons (Fsp3) is 0.444. The first-order valence-electron chi connectivity index (χ1n) is 4.48. The molecule has 1 heterocycles. The first-order valence-corrected chi connectivity index (χ1v) is 6.13. The summed E-state index contributed by atoms with van der Waals surface area (Å²) in [4.78, 5) is 13.4. The van der Waals surface area contributed by atoms with Gasteiger partial charge in [0.05, 0.1) is 5.75 Å². The fourth-order valence-electron chi connectivity index (χ4n) is 1.10. The van der Waals surface area contributed by atoms with E-state index in [2.05, 4.69) is 4.98 Å². The van der Waals surface area contributed by atoms with Crippen LogP contribution in [0.15, 0.2) is 28.0 Å². The van der Waals surface area contributed by atoms with Gasteiger partial charge in [0.2, 0.25) is 0 Å². The molecule has 1 N–H and O–H groups in total. The summed E-state index contributed by atoms with van der Waals surface area (Å²) in [7, 11) is -3.40. The van der Waals surface area contributed by atoms with Crippen LogP contribution in [0.1, 0.15) is 19.8 Å². The second kappa shape index (κ2) is 4.41. The fourth-order valence-corrected chi connectivity index (χ4v) is 2.61. The molecule has 1 aromatic rings. The molecular formula is C9H13NO3S. The van der Waals surface area contributed by atoms with Gasteiger partial charge in [-0.1, -0.05) is 13.3 Å². The van der Waals surface area contributed by atoms with Crippen LogP contribution in [0.25, 0.3) is 0 Å². The molecule has 0 saturated heterocycles. The van der Waals surface area contributed by atoms with Crippen LogP contribution in [0.5, 0.6) is 0 Å². The molecule has 14 heavy (non-hydrogen) atoms. The zero-order valence-electron chi connectivity index (χ0n) is 7.99. The Bertz CT molecular complexity index is 447. The largest absolute Gasteiger partial charge is 0.328 e. The van der Waals surface area contributed by atoms with Gasteiger partial charge in [0.25, 0.3) is 5.56 Å². The van der Waals surface area contributed by atoms with E-state index in [0.29, 0.717) is 6.42 Å².